The first-order valence-electron chi connectivity index (χ1n) is 5.59. The lowest BCUT2D eigenvalue weighted by Crippen LogP contribution is -2.30. The Morgan fingerprint density at radius 3 is 2.79 bits per heavy atom. The number of hydrogen-bond donors (Lipinski definition) is 3. The first kappa shape index (κ1) is 15.1. The lowest BCUT2D eigenvalue weighted by atomic mass is 10.2. The number of nitrogens with one attached hydrogen (secondary N) is 2. The SMILES string of the molecule is COc1ccc(Cl)cc1NCCC(=O)NCC(=O)O. The summed E-state index contributed by atoms with van der Waals surface area (Å²) in [4.78, 5) is 21.5. The largest absolute Gasteiger partial charge is 0.495 e. The van der Waals surface area contributed by atoms with Crippen molar-refractivity contribution in [1.82, 2.24) is 5.32 Å². The van der Waals surface area contributed by atoms with Crippen molar-refractivity contribution in [2.75, 3.05) is 25.5 Å². The standard InChI is InChI=1S/C12H15ClN2O4/c1-19-10-3-2-8(13)6-9(10)14-5-4-11(16)15-7-12(17)18/h2-3,6,14H,4-5,7H2,1H3,(H,15,16)(H,17,18). The molecule has 0 unspecified atom stereocenters. The molecule has 7 heteroatoms. The number of carbonyl (C=O) groups excluding carboxylic acids is 1. The van der Waals surface area contributed by atoms with Crippen LogP contribution in [0.5, 0.6) is 5.75 Å². The normalized spacial score (nSPS) is 9.79. The molecule has 6 nitrogen and oxygen atoms in total. The Morgan fingerprint density at radius 1 is 1.42 bits per heavy atom. The van der Waals surface area contributed by atoms with Crippen molar-refractivity contribution in [3.8, 4) is 5.75 Å². The summed E-state index contributed by atoms with van der Waals surface area (Å²) in [5.74, 6) is -0.788. The number of ether oxygens (including phenoxy) is 1. The van der Waals surface area contributed by atoms with Crippen molar-refractivity contribution in [3.05, 3.63) is 23.2 Å². The molecule has 0 fully saturated rings. The maximum atomic E-state index is 11.3. The molecule has 1 aromatic rings. The quantitative estimate of drug-likeness (QED) is 0.704. The van der Waals surface area contributed by atoms with Crippen LogP contribution in [0.15, 0.2) is 18.2 Å². The fraction of sp³-hybridized carbons (Fsp3) is 0.333. The van der Waals surface area contributed by atoms with Crippen LogP contribution in [-0.4, -0.2) is 37.2 Å². The molecule has 0 aliphatic carbocycles. The van der Waals surface area contributed by atoms with E-state index in [0.717, 1.165) is 0 Å². The van der Waals surface area contributed by atoms with Crippen molar-refractivity contribution >= 4 is 29.2 Å². The van der Waals surface area contributed by atoms with Crippen LogP contribution in [-0.2, 0) is 9.59 Å². The summed E-state index contributed by atoms with van der Waals surface area (Å²) in [5.41, 5.74) is 0.682. The molecule has 19 heavy (non-hydrogen) atoms. The van der Waals surface area contributed by atoms with E-state index in [1.165, 1.54) is 7.11 Å². The van der Waals surface area contributed by atoms with Gasteiger partial charge in [-0.3, -0.25) is 9.59 Å². The Kier molecular flexibility index (Phi) is 5.95. The number of amides is 1. The zero-order valence-electron chi connectivity index (χ0n) is 10.4. The van der Waals surface area contributed by atoms with Crippen LogP contribution in [0.2, 0.25) is 5.02 Å². The van der Waals surface area contributed by atoms with Gasteiger partial charge in [-0.05, 0) is 18.2 Å². The average molecular weight is 287 g/mol. The van der Waals surface area contributed by atoms with Gasteiger partial charge in [-0.25, -0.2) is 0 Å². The third-order valence-corrected chi connectivity index (χ3v) is 2.50. The molecule has 0 aromatic heterocycles. The molecule has 0 bridgehead atoms. The van der Waals surface area contributed by atoms with Crippen molar-refractivity contribution < 1.29 is 19.4 Å². The van der Waals surface area contributed by atoms with E-state index in [4.69, 9.17) is 21.4 Å². The molecule has 0 aliphatic heterocycles. The monoisotopic (exact) mass is 286 g/mol. The molecule has 0 atom stereocenters. The number of carboxylic acid groups (broad SMARTS) is 1. The average Bonchev–Trinajstić information content (AvgIpc) is 2.36. The smallest absolute Gasteiger partial charge is 0.322 e. The first-order chi connectivity index (χ1) is 9.02. The molecule has 1 amide bonds. The molecule has 0 radical (unpaired) electrons. The molecule has 1 aromatic carbocycles. The Morgan fingerprint density at radius 2 is 2.16 bits per heavy atom. The predicted octanol–water partition coefficient (Wildman–Crippen LogP) is 1.35. The number of halogens is 1. The first-order valence-corrected chi connectivity index (χ1v) is 5.96. The number of rotatable bonds is 7. The number of hydrogen-bond acceptors (Lipinski definition) is 4. The van der Waals surface area contributed by atoms with Gasteiger partial charge in [0.1, 0.15) is 12.3 Å². The summed E-state index contributed by atoms with van der Waals surface area (Å²) < 4.78 is 5.14. The van der Waals surface area contributed by atoms with Crippen LogP contribution >= 0.6 is 11.6 Å². The molecule has 0 saturated carbocycles. The highest BCUT2D eigenvalue weighted by Crippen LogP contribution is 2.27. The zero-order valence-corrected chi connectivity index (χ0v) is 11.2. The fourth-order valence-electron chi connectivity index (χ4n) is 1.39. The van der Waals surface area contributed by atoms with E-state index >= 15 is 0 Å². The summed E-state index contributed by atoms with van der Waals surface area (Å²) in [6.07, 6.45) is 0.156. The molecule has 0 saturated heterocycles. The van der Waals surface area contributed by atoms with Crippen LogP contribution in [0.1, 0.15) is 6.42 Å². The van der Waals surface area contributed by atoms with E-state index in [2.05, 4.69) is 10.6 Å². The van der Waals surface area contributed by atoms with Crippen molar-refractivity contribution in [1.29, 1.82) is 0 Å². The van der Waals surface area contributed by atoms with Gasteiger partial charge in [-0.15, -0.1) is 0 Å². The van der Waals surface area contributed by atoms with E-state index < -0.39 is 5.97 Å². The van der Waals surface area contributed by atoms with E-state index in [1.54, 1.807) is 18.2 Å². The van der Waals surface area contributed by atoms with Gasteiger partial charge in [0.05, 0.1) is 12.8 Å². The maximum absolute atomic E-state index is 11.3. The van der Waals surface area contributed by atoms with E-state index in [1.807, 2.05) is 0 Å². The van der Waals surface area contributed by atoms with Gasteiger partial charge in [0.15, 0.2) is 0 Å². The highest BCUT2D eigenvalue weighted by Gasteiger charge is 2.06. The van der Waals surface area contributed by atoms with Crippen LogP contribution in [0, 0.1) is 0 Å². The second-order valence-corrected chi connectivity index (χ2v) is 4.13. The number of methoxy groups -OCH3 is 1. The number of aliphatic carboxylic acids is 1. The Hall–Kier alpha value is -1.95. The molecular weight excluding hydrogens is 272 g/mol. The number of anilines is 1. The summed E-state index contributed by atoms with van der Waals surface area (Å²) in [7, 11) is 1.54. The highest BCUT2D eigenvalue weighted by molar-refractivity contribution is 6.30. The molecule has 3 N–H and O–H groups in total. The summed E-state index contributed by atoms with van der Waals surface area (Å²) >= 11 is 5.86. The second-order valence-electron chi connectivity index (χ2n) is 3.69. The minimum Gasteiger partial charge on any atom is -0.495 e. The molecular formula is C12H15ClN2O4. The minimum atomic E-state index is -1.07. The topological polar surface area (TPSA) is 87.7 Å². The van der Waals surface area contributed by atoms with E-state index in [-0.39, 0.29) is 18.9 Å². The van der Waals surface area contributed by atoms with E-state index in [0.29, 0.717) is 23.0 Å². The Bertz CT molecular complexity index is 465. The highest BCUT2D eigenvalue weighted by atomic mass is 35.5. The molecule has 0 aliphatic rings. The lowest BCUT2D eigenvalue weighted by Gasteiger charge is -2.11. The fourth-order valence-corrected chi connectivity index (χ4v) is 1.56. The second kappa shape index (κ2) is 7.48. The maximum Gasteiger partial charge on any atom is 0.322 e. The summed E-state index contributed by atoms with van der Waals surface area (Å²) in [6.45, 7) is -0.0263. The van der Waals surface area contributed by atoms with Crippen LogP contribution in [0.4, 0.5) is 5.69 Å². The molecule has 1 rings (SSSR count). The lowest BCUT2D eigenvalue weighted by molar-refractivity contribution is -0.137. The minimum absolute atomic E-state index is 0.156. The van der Waals surface area contributed by atoms with Gasteiger partial charge in [-0.1, -0.05) is 11.6 Å². The van der Waals surface area contributed by atoms with Gasteiger partial charge in [0.25, 0.3) is 0 Å². The third kappa shape index (κ3) is 5.48. The number of carboxylic acids is 1. The van der Waals surface area contributed by atoms with Gasteiger partial charge in [0, 0.05) is 18.0 Å². The predicted molar refractivity (Wildman–Crippen MR) is 71.8 cm³/mol. The zero-order chi connectivity index (χ0) is 14.3. The molecule has 104 valence electrons. The van der Waals surface area contributed by atoms with Crippen molar-refractivity contribution in [3.63, 3.8) is 0 Å². The Balaban J connectivity index is 2.42. The third-order valence-electron chi connectivity index (χ3n) is 2.27. The van der Waals surface area contributed by atoms with Crippen LogP contribution in [0.25, 0.3) is 0 Å². The van der Waals surface area contributed by atoms with E-state index in [9.17, 15) is 9.59 Å². The van der Waals surface area contributed by atoms with Crippen molar-refractivity contribution in [2.24, 2.45) is 0 Å². The van der Waals surface area contributed by atoms with Crippen LogP contribution < -0.4 is 15.4 Å². The van der Waals surface area contributed by atoms with Gasteiger partial charge < -0.3 is 20.5 Å². The Labute approximate surface area is 115 Å². The van der Waals surface area contributed by atoms with Gasteiger partial charge in [-0.2, -0.15) is 0 Å². The van der Waals surface area contributed by atoms with Gasteiger partial charge in [0.2, 0.25) is 5.91 Å². The summed E-state index contributed by atoms with van der Waals surface area (Å²) in [5, 5.41) is 14.2. The van der Waals surface area contributed by atoms with Gasteiger partial charge >= 0.3 is 5.97 Å². The molecule has 0 spiro atoms. The van der Waals surface area contributed by atoms with Crippen LogP contribution in [0.3, 0.4) is 0 Å². The number of benzene rings is 1. The number of carbonyl (C=O) groups is 2. The molecule has 0 heterocycles. The summed E-state index contributed by atoms with van der Waals surface area (Å²) in [6, 6.07) is 5.11. The van der Waals surface area contributed by atoms with Crippen molar-refractivity contribution in [2.45, 2.75) is 6.42 Å².